The molecule has 9 heteroatoms. The van der Waals surface area contributed by atoms with Crippen molar-refractivity contribution in [1.82, 2.24) is 19.4 Å². The fourth-order valence-electron chi connectivity index (χ4n) is 4.36. The van der Waals surface area contributed by atoms with E-state index in [-0.39, 0.29) is 30.2 Å². The summed E-state index contributed by atoms with van der Waals surface area (Å²) in [5.41, 5.74) is 3.09. The minimum Gasteiger partial charge on any atom is -0.364 e. The van der Waals surface area contributed by atoms with E-state index in [1.54, 1.807) is 6.07 Å². The van der Waals surface area contributed by atoms with Gasteiger partial charge in [0.1, 0.15) is 29.3 Å². The van der Waals surface area contributed by atoms with Crippen LogP contribution in [0.2, 0.25) is 5.02 Å². The number of halogens is 2. The van der Waals surface area contributed by atoms with Crippen LogP contribution >= 0.6 is 11.6 Å². The van der Waals surface area contributed by atoms with Gasteiger partial charge in [0.05, 0.1) is 6.54 Å². The lowest BCUT2D eigenvalue weighted by Gasteiger charge is -2.07. The Morgan fingerprint density at radius 2 is 1.97 bits per heavy atom. The Hall–Kier alpha value is -3.52. The summed E-state index contributed by atoms with van der Waals surface area (Å²) >= 11 is 6.07. The van der Waals surface area contributed by atoms with E-state index in [0.717, 1.165) is 30.4 Å². The molecule has 1 unspecified atom stereocenters. The molecule has 6 rings (SSSR count). The Morgan fingerprint density at radius 3 is 2.79 bits per heavy atom. The zero-order valence-corrected chi connectivity index (χ0v) is 19.0. The van der Waals surface area contributed by atoms with Gasteiger partial charge in [-0.2, -0.15) is 4.39 Å². The van der Waals surface area contributed by atoms with Crippen molar-refractivity contribution in [3.63, 3.8) is 0 Å². The predicted molar refractivity (Wildman–Crippen MR) is 127 cm³/mol. The van der Waals surface area contributed by atoms with Crippen LogP contribution in [0.5, 0.6) is 0 Å². The molecule has 34 heavy (non-hydrogen) atoms. The number of amides is 1. The summed E-state index contributed by atoms with van der Waals surface area (Å²) in [7, 11) is 0. The van der Waals surface area contributed by atoms with Crippen molar-refractivity contribution in [1.29, 1.82) is 0 Å². The van der Waals surface area contributed by atoms with E-state index < -0.39 is 0 Å². The maximum Gasteiger partial charge on any atom is 0.229 e. The van der Waals surface area contributed by atoms with Crippen molar-refractivity contribution in [2.24, 2.45) is 5.92 Å². The number of hydrogen-bond acceptors (Lipinski definition) is 5. The predicted octanol–water partition coefficient (Wildman–Crippen LogP) is 5.15. The second kappa shape index (κ2) is 8.36. The van der Waals surface area contributed by atoms with Crippen LogP contribution in [0.1, 0.15) is 47.9 Å². The summed E-state index contributed by atoms with van der Waals surface area (Å²) in [4.78, 5) is 25.4. The zero-order chi connectivity index (χ0) is 23.2. The molecule has 2 atom stereocenters. The molecule has 2 N–H and O–H groups in total. The zero-order valence-electron chi connectivity index (χ0n) is 18.2. The number of carbonyl (C=O) groups is 1. The highest BCUT2D eigenvalue weighted by molar-refractivity contribution is 6.30. The molecule has 3 heterocycles. The van der Waals surface area contributed by atoms with Crippen molar-refractivity contribution >= 4 is 34.8 Å². The topological polar surface area (TPSA) is 84.2 Å². The van der Waals surface area contributed by atoms with Gasteiger partial charge >= 0.3 is 0 Å². The molecule has 172 valence electrons. The Morgan fingerprint density at radius 1 is 1.12 bits per heavy atom. The molecule has 2 aliphatic carbocycles. The highest BCUT2D eigenvalue weighted by atomic mass is 35.5. The molecule has 1 aromatic carbocycles. The molecule has 7 nitrogen and oxygen atoms in total. The second-order valence-corrected chi connectivity index (χ2v) is 9.39. The molecule has 2 aliphatic rings. The summed E-state index contributed by atoms with van der Waals surface area (Å²) in [5, 5.41) is 6.60. The molecule has 2 saturated carbocycles. The number of hydrogen-bond donors (Lipinski definition) is 2. The molecule has 0 saturated heterocycles. The summed E-state index contributed by atoms with van der Waals surface area (Å²) in [6.07, 6.45) is 6.29. The van der Waals surface area contributed by atoms with Crippen LogP contribution in [-0.4, -0.2) is 25.3 Å². The van der Waals surface area contributed by atoms with E-state index in [9.17, 15) is 9.18 Å². The van der Waals surface area contributed by atoms with Gasteiger partial charge in [-0.05, 0) is 60.4 Å². The van der Waals surface area contributed by atoms with Gasteiger partial charge in [0, 0.05) is 23.2 Å². The summed E-state index contributed by atoms with van der Waals surface area (Å²) in [5.74, 6) is 0.986. The minimum atomic E-state index is -0.381. The van der Waals surface area contributed by atoms with Gasteiger partial charge in [-0.15, -0.1) is 0 Å². The van der Waals surface area contributed by atoms with Crippen LogP contribution in [0.3, 0.4) is 0 Å². The lowest BCUT2D eigenvalue weighted by atomic mass is 10.1. The average molecular weight is 477 g/mol. The molecule has 4 aromatic rings. The largest absolute Gasteiger partial charge is 0.364 e. The number of nitrogens with zero attached hydrogens (tertiary/aromatic N) is 4. The lowest BCUT2D eigenvalue weighted by Crippen LogP contribution is -2.16. The fourth-order valence-corrected chi connectivity index (χ4v) is 4.56. The maximum atomic E-state index is 14.9. The fraction of sp³-hybridized carbons (Fsp3) is 0.280. The number of carbonyl (C=O) groups excluding carboxylic acids is 1. The van der Waals surface area contributed by atoms with Crippen molar-refractivity contribution in [2.45, 2.75) is 37.6 Å². The third-order valence-electron chi connectivity index (χ3n) is 6.46. The third kappa shape index (κ3) is 4.21. The van der Waals surface area contributed by atoms with Crippen LogP contribution in [0, 0.1) is 11.9 Å². The Kier molecular flexibility index (Phi) is 5.17. The Balaban J connectivity index is 1.10. The quantitative estimate of drug-likeness (QED) is 0.385. The number of nitrogens with one attached hydrogen (secondary N) is 2. The summed E-state index contributed by atoms with van der Waals surface area (Å²) in [6, 6.07) is 13.1. The van der Waals surface area contributed by atoms with E-state index in [1.165, 1.54) is 10.7 Å². The van der Waals surface area contributed by atoms with E-state index in [0.29, 0.717) is 33.9 Å². The smallest absolute Gasteiger partial charge is 0.229 e. The SMILES string of the molecule is O=C(Nc1cc(NCc2nc3ccc(C4CC4)cn3c2F)ncn1)[C@H]1CC1c1cccc(Cl)c1. The Bertz CT molecular complexity index is 1400. The number of aromatic nitrogens is 4. The van der Waals surface area contributed by atoms with Gasteiger partial charge in [-0.3, -0.25) is 9.20 Å². The molecular formula is C25H22ClFN6O. The number of pyridine rings is 1. The van der Waals surface area contributed by atoms with E-state index in [1.807, 2.05) is 42.6 Å². The van der Waals surface area contributed by atoms with E-state index in [4.69, 9.17) is 11.6 Å². The van der Waals surface area contributed by atoms with E-state index in [2.05, 4.69) is 25.6 Å². The molecule has 0 radical (unpaired) electrons. The first-order valence-electron chi connectivity index (χ1n) is 11.3. The summed E-state index contributed by atoms with van der Waals surface area (Å²) in [6.45, 7) is 0.163. The molecular weight excluding hydrogens is 455 g/mol. The first-order valence-corrected chi connectivity index (χ1v) is 11.7. The molecule has 0 spiro atoms. The van der Waals surface area contributed by atoms with Crippen LogP contribution in [0.15, 0.2) is 55.0 Å². The highest BCUT2D eigenvalue weighted by Gasteiger charge is 2.44. The number of anilines is 2. The van der Waals surface area contributed by atoms with Crippen molar-refractivity contribution in [2.75, 3.05) is 10.6 Å². The molecule has 0 bridgehead atoms. The van der Waals surface area contributed by atoms with Crippen molar-refractivity contribution < 1.29 is 9.18 Å². The van der Waals surface area contributed by atoms with E-state index >= 15 is 0 Å². The van der Waals surface area contributed by atoms with Gasteiger partial charge in [0.15, 0.2) is 0 Å². The van der Waals surface area contributed by atoms with Crippen LogP contribution in [0.25, 0.3) is 5.65 Å². The van der Waals surface area contributed by atoms with Gasteiger partial charge in [0.25, 0.3) is 0 Å². The number of imidazole rings is 1. The first kappa shape index (κ1) is 21.0. The van der Waals surface area contributed by atoms with Crippen LogP contribution in [0.4, 0.5) is 16.0 Å². The molecule has 1 amide bonds. The molecule has 3 aromatic heterocycles. The Labute approximate surface area is 200 Å². The number of rotatable bonds is 7. The molecule has 2 fully saturated rings. The number of benzene rings is 1. The lowest BCUT2D eigenvalue weighted by molar-refractivity contribution is -0.117. The van der Waals surface area contributed by atoms with Crippen molar-refractivity contribution in [3.8, 4) is 0 Å². The minimum absolute atomic E-state index is 0.0903. The van der Waals surface area contributed by atoms with Gasteiger partial charge in [0.2, 0.25) is 11.9 Å². The average Bonchev–Trinajstić information content (AvgIpc) is 3.75. The first-order chi connectivity index (χ1) is 16.5. The van der Waals surface area contributed by atoms with Crippen molar-refractivity contribution in [3.05, 3.63) is 82.8 Å². The number of fused-ring (bicyclic) bond motifs is 1. The van der Waals surface area contributed by atoms with Gasteiger partial charge in [-0.1, -0.05) is 29.8 Å². The van der Waals surface area contributed by atoms with Crippen LogP contribution in [-0.2, 0) is 11.3 Å². The van der Waals surface area contributed by atoms with Crippen LogP contribution < -0.4 is 10.6 Å². The molecule has 0 aliphatic heterocycles. The maximum absolute atomic E-state index is 14.9. The second-order valence-electron chi connectivity index (χ2n) is 8.95. The van der Waals surface area contributed by atoms with Gasteiger partial charge in [-0.25, -0.2) is 15.0 Å². The summed E-state index contributed by atoms with van der Waals surface area (Å²) < 4.78 is 16.4. The van der Waals surface area contributed by atoms with Gasteiger partial charge < -0.3 is 10.6 Å². The monoisotopic (exact) mass is 476 g/mol. The standard InChI is InChI=1S/C25H22ClFN6O/c26-17-3-1-2-15(8-17)18-9-19(18)25(34)32-22-10-21(29-13-30-22)28-11-20-24(27)33-12-16(14-4-5-14)6-7-23(33)31-20/h1-3,6-8,10,12-14,18-19H,4-5,9,11H2,(H2,28,29,30,32,34)/t18?,19-/m0/s1. The highest BCUT2D eigenvalue weighted by Crippen LogP contribution is 2.48. The third-order valence-corrected chi connectivity index (χ3v) is 6.69. The normalized spacial score (nSPS) is 19.2.